The number of hydrogen-bond acceptors (Lipinski definition) is 6. The van der Waals surface area contributed by atoms with E-state index in [1.807, 2.05) is 0 Å². The lowest BCUT2D eigenvalue weighted by atomic mass is 10.1. The van der Waals surface area contributed by atoms with Gasteiger partial charge in [-0.05, 0) is 30.2 Å². The molecule has 0 aromatic heterocycles. The number of alkyl halides is 6. The van der Waals surface area contributed by atoms with Crippen molar-refractivity contribution < 1.29 is 56.7 Å². The molecule has 15 heteroatoms. The second-order valence-corrected chi connectivity index (χ2v) is 8.53. The number of rotatable bonds is 9. The fraction of sp³-hybridized carbons (Fsp3) is 0.286. The standard InChI is InChI=1S/C14H11F6O7S2/c1-8(2)11(21)7-9-3-5-10(6-4-9)27-29(25,26)14(19,20)12(15,16)13(17,18)28(22,23)24/h3-7H,1H2,2H3,(H,22,23,24). The minimum atomic E-state index is -7.13. The number of carbonyl (C=O) groups is 1. The van der Waals surface area contributed by atoms with E-state index in [0.717, 1.165) is 18.6 Å². The summed E-state index contributed by atoms with van der Waals surface area (Å²) >= 11 is 0. The highest BCUT2D eigenvalue weighted by Crippen LogP contribution is 2.50. The minimum absolute atomic E-state index is 0.0951. The van der Waals surface area contributed by atoms with Gasteiger partial charge in [0, 0.05) is 0 Å². The quantitative estimate of drug-likeness (QED) is 0.256. The van der Waals surface area contributed by atoms with Crippen molar-refractivity contribution in [1.82, 2.24) is 0 Å². The number of benzene rings is 1. The lowest BCUT2D eigenvalue weighted by Crippen LogP contribution is -2.61. The molecule has 0 saturated heterocycles. The van der Waals surface area contributed by atoms with Gasteiger partial charge in [-0.3, -0.25) is 9.35 Å². The van der Waals surface area contributed by atoms with Crippen LogP contribution in [0.4, 0.5) is 26.3 Å². The van der Waals surface area contributed by atoms with Crippen LogP contribution in [0.3, 0.4) is 0 Å². The molecule has 1 N–H and O–H groups in total. The summed E-state index contributed by atoms with van der Waals surface area (Å²) in [5.41, 5.74) is 0.215. The van der Waals surface area contributed by atoms with Gasteiger partial charge in [0.2, 0.25) is 0 Å². The summed E-state index contributed by atoms with van der Waals surface area (Å²) in [5.74, 6) is -8.70. The molecular weight excluding hydrogens is 458 g/mol. The SMILES string of the molecule is C=C(C)C(=O)[CH]c1ccc(OS(=O)(=O)C(F)(F)C(F)(F)C(F)(F)S(=O)(=O)O)cc1. The van der Waals surface area contributed by atoms with Crippen LogP contribution < -0.4 is 4.18 Å². The first-order valence-corrected chi connectivity index (χ1v) is 9.82. The Kier molecular flexibility index (Phi) is 6.53. The van der Waals surface area contributed by atoms with Crippen molar-refractivity contribution in [1.29, 1.82) is 0 Å². The van der Waals surface area contributed by atoms with E-state index in [1.165, 1.54) is 6.92 Å². The Morgan fingerprint density at radius 3 is 1.83 bits per heavy atom. The van der Waals surface area contributed by atoms with Crippen molar-refractivity contribution >= 4 is 26.0 Å². The third kappa shape index (κ3) is 4.56. The molecule has 0 amide bonds. The van der Waals surface area contributed by atoms with Crippen LogP contribution in [0, 0.1) is 6.42 Å². The highest BCUT2D eigenvalue weighted by atomic mass is 32.2. The molecule has 0 atom stereocenters. The minimum Gasteiger partial charge on any atom is -0.378 e. The molecule has 1 rings (SSSR count). The van der Waals surface area contributed by atoms with Gasteiger partial charge in [-0.25, -0.2) is 0 Å². The van der Waals surface area contributed by atoms with E-state index in [1.54, 1.807) is 0 Å². The summed E-state index contributed by atoms with van der Waals surface area (Å²) in [5, 5.41) is -13.6. The van der Waals surface area contributed by atoms with Gasteiger partial charge >= 0.3 is 36.7 Å². The molecule has 0 aliphatic carbocycles. The molecule has 0 unspecified atom stereocenters. The number of hydrogen-bond donors (Lipinski definition) is 1. The molecule has 1 radical (unpaired) electrons. The third-order valence-corrected chi connectivity index (χ3v) is 5.37. The predicted octanol–water partition coefficient (Wildman–Crippen LogP) is 2.80. The number of carbonyl (C=O) groups excluding carboxylic acids is 1. The molecule has 0 spiro atoms. The molecule has 1 aromatic rings. The fourth-order valence-electron chi connectivity index (χ4n) is 1.56. The van der Waals surface area contributed by atoms with Gasteiger partial charge in [0.05, 0.1) is 6.42 Å². The van der Waals surface area contributed by atoms with E-state index in [0.29, 0.717) is 12.1 Å². The Morgan fingerprint density at radius 2 is 1.45 bits per heavy atom. The normalized spacial score (nSPS) is 13.8. The summed E-state index contributed by atoms with van der Waals surface area (Å²) in [7, 11) is -14.0. The highest BCUT2D eigenvalue weighted by molar-refractivity contribution is 7.88. The average molecular weight is 469 g/mol. The summed E-state index contributed by atoms with van der Waals surface area (Å²) in [6.07, 6.45) is 0.996. The predicted molar refractivity (Wildman–Crippen MR) is 85.6 cm³/mol. The van der Waals surface area contributed by atoms with Crippen LogP contribution in [0.5, 0.6) is 5.75 Å². The second kappa shape index (κ2) is 7.60. The molecule has 0 fully saturated rings. The average Bonchev–Trinajstić information content (AvgIpc) is 2.54. The number of halogens is 6. The maximum Gasteiger partial charge on any atom is 0.450 e. The maximum absolute atomic E-state index is 13.7. The van der Waals surface area contributed by atoms with Crippen molar-refractivity contribution in [3.05, 3.63) is 48.4 Å². The van der Waals surface area contributed by atoms with E-state index in [2.05, 4.69) is 10.8 Å². The van der Waals surface area contributed by atoms with Gasteiger partial charge in [-0.2, -0.15) is 43.2 Å². The van der Waals surface area contributed by atoms with E-state index >= 15 is 0 Å². The molecule has 0 heterocycles. The first-order chi connectivity index (χ1) is 12.8. The number of ketones is 1. The highest BCUT2D eigenvalue weighted by Gasteiger charge is 2.83. The Hall–Kier alpha value is -2.13. The number of allylic oxidation sites excluding steroid dienone is 1. The molecule has 163 valence electrons. The lowest BCUT2D eigenvalue weighted by molar-refractivity contribution is -0.247. The Labute approximate surface area is 160 Å². The largest absolute Gasteiger partial charge is 0.450 e. The van der Waals surface area contributed by atoms with Crippen LogP contribution in [0.1, 0.15) is 12.5 Å². The van der Waals surface area contributed by atoms with Gasteiger partial charge in [-0.1, -0.05) is 18.7 Å². The van der Waals surface area contributed by atoms with Gasteiger partial charge < -0.3 is 4.18 Å². The lowest BCUT2D eigenvalue weighted by Gasteiger charge is -2.29. The van der Waals surface area contributed by atoms with Gasteiger partial charge in [-0.15, -0.1) is 0 Å². The zero-order valence-electron chi connectivity index (χ0n) is 14.1. The summed E-state index contributed by atoms with van der Waals surface area (Å²) in [6.45, 7) is 4.71. The van der Waals surface area contributed by atoms with Gasteiger partial charge in [0.25, 0.3) is 0 Å². The molecule has 0 aliphatic rings. The smallest absolute Gasteiger partial charge is 0.378 e. The molecule has 7 nitrogen and oxygen atoms in total. The van der Waals surface area contributed by atoms with Crippen LogP contribution in [0.2, 0.25) is 0 Å². The molecule has 0 aliphatic heterocycles. The maximum atomic E-state index is 13.7. The van der Waals surface area contributed by atoms with Gasteiger partial charge in [0.15, 0.2) is 5.78 Å². The van der Waals surface area contributed by atoms with E-state index in [4.69, 9.17) is 4.55 Å². The van der Waals surface area contributed by atoms with Crippen molar-refractivity contribution in [3.8, 4) is 5.75 Å². The summed E-state index contributed by atoms with van der Waals surface area (Å²) < 4.78 is 136. The molecular formula is C14H11F6O7S2. The van der Waals surface area contributed by atoms with Crippen LogP contribution in [-0.2, 0) is 25.0 Å². The molecule has 1 aromatic carbocycles. The zero-order valence-corrected chi connectivity index (χ0v) is 15.7. The first kappa shape index (κ1) is 24.9. The summed E-state index contributed by atoms with van der Waals surface area (Å²) in [4.78, 5) is 11.4. The van der Waals surface area contributed by atoms with Crippen LogP contribution in [0.15, 0.2) is 36.4 Å². The fourth-order valence-corrected chi connectivity index (χ4v) is 2.99. The molecule has 0 bridgehead atoms. The van der Waals surface area contributed by atoms with Crippen molar-refractivity contribution in [2.45, 2.75) is 23.4 Å². The summed E-state index contributed by atoms with van der Waals surface area (Å²) in [6, 6.07) is 3.14. The zero-order chi connectivity index (χ0) is 23.1. The Balaban J connectivity index is 3.22. The van der Waals surface area contributed by atoms with Crippen molar-refractivity contribution in [2.75, 3.05) is 0 Å². The molecule has 29 heavy (non-hydrogen) atoms. The topological polar surface area (TPSA) is 115 Å². The number of Topliss-reactive ketones (excluding diaryl/α,β-unsaturated/α-hetero) is 1. The Morgan fingerprint density at radius 1 is 1.00 bits per heavy atom. The van der Waals surface area contributed by atoms with E-state index in [-0.39, 0.29) is 11.1 Å². The monoisotopic (exact) mass is 469 g/mol. The van der Waals surface area contributed by atoms with E-state index < -0.39 is 48.2 Å². The first-order valence-electron chi connectivity index (χ1n) is 6.97. The second-order valence-electron chi connectivity index (χ2n) is 5.48. The third-order valence-electron chi connectivity index (χ3n) is 3.17. The van der Waals surface area contributed by atoms with Crippen LogP contribution >= 0.6 is 0 Å². The van der Waals surface area contributed by atoms with Gasteiger partial charge in [0.1, 0.15) is 5.75 Å². The van der Waals surface area contributed by atoms with Crippen LogP contribution in [0.25, 0.3) is 0 Å². The van der Waals surface area contributed by atoms with E-state index in [9.17, 15) is 48.0 Å². The van der Waals surface area contributed by atoms with Crippen LogP contribution in [-0.4, -0.2) is 43.6 Å². The van der Waals surface area contributed by atoms with Crippen molar-refractivity contribution in [3.63, 3.8) is 0 Å². The Bertz CT molecular complexity index is 1020. The van der Waals surface area contributed by atoms with Crippen molar-refractivity contribution in [2.24, 2.45) is 0 Å². The molecule has 0 saturated carbocycles.